The number of allylic oxidation sites excluding steroid dienone is 1. The summed E-state index contributed by atoms with van der Waals surface area (Å²) in [7, 11) is -0.145. The Kier molecular flexibility index (Phi) is 8.86. The smallest absolute Gasteiger partial charge is 0.419 e. The van der Waals surface area contributed by atoms with Crippen LogP contribution in [0.3, 0.4) is 0 Å². The molecule has 2 aromatic rings. The number of benzene rings is 2. The molecular weight excluding hydrogens is 506 g/mol. The zero-order valence-corrected chi connectivity index (χ0v) is 21.0. The van der Waals surface area contributed by atoms with Gasteiger partial charge in [0.15, 0.2) is 0 Å². The Morgan fingerprint density at radius 1 is 1.08 bits per heavy atom. The number of nitrogens with zero attached hydrogens (tertiary/aromatic N) is 1. The van der Waals surface area contributed by atoms with Crippen LogP contribution in [0.5, 0.6) is 0 Å². The van der Waals surface area contributed by atoms with Gasteiger partial charge in [-0.15, -0.1) is 0 Å². The Hall–Kier alpha value is -2.41. The summed E-state index contributed by atoms with van der Waals surface area (Å²) in [6.45, 7) is 6.00. The Bertz CT molecular complexity index is 1140. The monoisotopic (exact) mass is 533 g/mol. The molecule has 1 aliphatic heterocycles. The average molecular weight is 533 g/mol. The van der Waals surface area contributed by atoms with Crippen molar-refractivity contribution in [3.8, 4) is 0 Å². The topological polar surface area (TPSA) is 21.6 Å². The molecule has 0 amide bonds. The normalized spacial score (nSPS) is 18.0. The van der Waals surface area contributed by atoms with Crippen molar-refractivity contribution in [1.82, 2.24) is 0 Å². The van der Waals surface area contributed by atoms with Crippen LogP contribution in [0.25, 0.3) is 0 Å². The molecule has 0 saturated carbocycles. The molecule has 0 fully saturated rings. The maximum absolute atomic E-state index is 14.2. The van der Waals surface area contributed by atoms with Crippen LogP contribution in [0.4, 0.5) is 30.7 Å². The van der Waals surface area contributed by atoms with Gasteiger partial charge in [-0.05, 0) is 54.9 Å². The lowest BCUT2D eigenvalue weighted by Crippen LogP contribution is -2.17. The van der Waals surface area contributed by atoms with E-state index in [-0.39, 0.29) is 32.7 Å². The number of hydrogen-bond donors (Lipinski definition) is 0. The van der Waals surface area contributed by atoms with Crippen LogP contribution in [0.2, 0.25) is 0 Å². The van der Waals surface area contributed by atoms with Gasteiger partial charge < -0.3 is 4.74 Å². The number of ether oxygens (including phenoxy) is 1. The Balaban J connectivity index is 1.98. The standard InChI is InChI=1S/C26H27F7NOP/c1-4-6-15(3)11-18-14-35-24(34-18)19-13-17(25(28,29)30)8-10-23(19)36-22(5-2)16-7-9-20(21(27)12-16)26(31,32)33/h7-13,18,22,36H,4-6,14H2,1-3H3/b15-11+/t18-,22?/m0/s1. The summed E-state index contributed by atoms with van der Waals surface area (Å²) in [5, 5.41) is 0.517. The molecular formula is C26H27F7NOP. The summed E-state index contributed by atoms with van der Waals surface area (Å²) in [6.07, 6.45) is -5.18. The van der Waals surface area contributed by atoms with E-state index >= 15 is 0 Å². The fourth-order valence-corrected chi connectivity index (χ4v) is 5.48. The number of hydrogen-bond acceptors (Lipinski definition) is 2. The zero-order chi connectivity index (χ0) is 26.7. The van der Waals surface area contributed by atoms with Gasteiger partial charge in [-0.2, -0.15) is 26.3 Å². The van der Waals surface area contributed by atoms with Gasteiger partial charge in [-0.3, -0.25) is 0 Å². The quantitative estimate of drug-likeness (QED) is 0.190. The lowest BCUT2D eigenvalue weighted by Gasteiger charge is -2.20. The molecule has 0 saturated heterocycles. The minimum atomic E-state index is -4.81. The molecule has 2 nitrogen and oxygen atoms in total. The van der Waals surface area contributed by atoms with E-state index in [9.17, 15) is 30.7 Å². The molecule has 0 spiro atoms. The molecule has 3 rings (SSSR count). The third-order valence-corrected chi connectivity index (χ3v) is 7.65. The zero-order valence-electron chi connectivity index (χ0n) is 20.0. The predicted octanol–water partition coefficient (Wildman–Crippen LogP) is 8.21. The van der Waals surface area contributed by atoms with E-state index in [0.717, 1.165) is 36.6 Å². The average Bonchev–Trinajstić information content (AvgIpc) is 3.24. The first-order valence-electron chi connectivity index (χ1n) is 11.6. The molecule has 36 heavy (non-hydrogen) atoms. The Labute approximate surface area is 207 Å². The van der Waals surface area contributed by atoms with E-state index < -0.39 is 35.0 Å². The SMILES string of the molecule is CCC/C(C)=C/[C@H]1COC(c2cc(C(F)(F)F)ccc2PC(CC)c2ccc(C(F)(F)F)c(F)c2)=N1. The third kappa shape index (κ3) is 6.87. The maximum atomic E-state index is 14.2. The van der Waals surface area contributed by atoms with Gasteiger partial charge in [0.2, 0.25) is 5.90 Å². The fraction of sp³-hybridized carbons (Fsp3) is 0.423. The van der Waals surface area contributed by atoms with Crippen molar-refractivity contribution in [1.29, 1.82) is 0 Å². The van der Waals surface area contributed by atoms with Gasteiger partial charge >= 0.3 is 12.4 Å². The largest absolute Gasteiger partial charge is 0.475 e. The van der Waals surface area contributed by atoms with Crippen molar-refractivity contribution < 1.29 is 35.5 Å². The Morgan fingerprint density at radius 3 is 2.39 bits per heavy atom. The minimum absolute atomic E-state index is 0.0996. The van der Waals surface area contributed by atoms with Crippen molar-refractivity contribution in [2.24, 2.45) is 4.99 Å². The molecule has 0 N–H and O–H groups in total. The van der Waals surface area contributed by atoms with Gasteiger partial charge in [0.25, 0.3) is 0 Å². The first-order valence-corrected chi connectivity index (χ1v) is 12.6. The summed E-state index contributed by atoms with van der Waals surface area (Å²) in [5.74, 6) is -1.28. The van der Waals surface area contributed by atoms with Crippen molar-refractivity contribution >= 4 is 19.8 Å². The number of halogens is 7. The highest BCUT2D eigenvalue weighted by Crippen LogP contribution is 2.41. The third-order valence-electron chi connectivity index (χ3n) is 5.81. The van der Waals surface area contributed by atoms with Crippen LogP contribution in [-0.4, -0.2) is 18.5 Å². The summed E-state index contributed by atoms with van der Waals surface area (Å²) in [5.41, 5.74) is -0.965. The molecule has 0 aliphatic carbocycles. The second-order valence-corrected chi connectivity index (χ2v) is 10.2. The van der Waals surface area contributed by atoms with Gasteiger partial charge in [-0.1, -0.05) is 52.6 Å². The molecule has 2 aromatic carbocycles. The highest BCUT2D eigenvalue weighted by molar-refractivity contribution is 7.47. The highest BCUT2D eigenvalue weighted by Gasteiger charge is 2.35. The summed E-state index contributed by atoms with van der Waals surface area (Å²) in [4.78, 5) is 4.49. The first-order chi connectivity index (χ1) is 16.8. The molecule has 0 aromatic heterocycles. The summed E-state index contributed by atoms with van der Waals surface area (Å²) < 4.78 is 99.2. The number of rotatable bonds is 8. The molecule has 0 bridgehead atoms. The Morgan fingerprint density at radius 2 is 1.81 bits per heavy atom. The van der Waals surface area contributed by atoms with E-state index in [0.29, 0.717) is 23.4 Å². The molecule has 1 heterocycles. The number of aliphatic imine (C=N–C) groups is 1. The van der Waals surface area contributed by atoms with Crippen LogP contribution in [0.1, 0.15) is 67.9 Å². The van der Waals surface area contributed by atoms with Crippen molar-refractivity contribution in [3.05, 3.63) is 76.1 Å². The predicted molar refractivity (Wildman–Crippen MR) is 129 cm³/mol. The maximum Gasteiger partial charge on any atom is 0.419 e. The van der Waals surface area contributed by atoms with Crippen molar-refractivity contribution in [3.63, 3.8) is 0 Å². The molecule has 0 radical (unpaired) electrons. The molecule has 10 heteroatoms. The van der Waals surface area contributed by atoms with E-state index in [1.165, 1.54) is 12.1 Å². The molecule has 196 valence electrons. The van der Waals surface area contributed by atoms with Gasteiger partial charge in [0, 0.05) is 11.2 Å². The van der Waals surface area contributed by atoms with E-state index in [4.69, 9.17) is 4.74 Å². The minimum Gasteiger partial charge on any atom is -0.475 e. The van der Waals surface area contributed by atoms with E-state index in [2.05, 4.69) is 4.99 Å². The number of alkyl halides is 6. The van der Waals surface area contributed by atoms with E-state index in [1.54, 1.807) is 6.92 Å². The lowest BCUT2D eigenvalue weighted by atomic mass is 10.1. The van der Waals surface area contributed by atoms with E-state index in [1.807, 2.05) is 19.9 Å². The summed E-state index contributed by atoms with van der Waals surface area (Å²) >= 11 is 0. The van der Waals surface area contributed by atoms with Crippen LogP contribution in [0, 0.1) is 5.82 Å². The van der Waals surface area contributed by atoms with Crippen molar-refractivity contribution in [2.75, 3.05) is 6.61 Å². The van der Waals surface area contributed by atoms with Crippen LogP contribution >= 0.6 is 8.58 Å². The van der Waals surface area contributed by atoms with Crippen LogP contribution in [0.15, 0.2) is 53.0 Å². The second kappa shape index (κ2) is 11.3. The van der Waals surface area contributed by atoms with Crippen molar-refractivity contribution in [2.45, 2.75) is 64.1 Å². The fourth-order valence-electron chi connectivity index (χ4n) is 4.04. The summed E-state index contributed by atoms with van der Waals surface area (Å²) in [6, 6.07) is 5.76. The first kappa shape index (κ1) is 28.2. The highest BCUT2D eigenvalue weighted by atomic mass is 31.1. The molecule has 2 unspecified atom stereocenters. The molecule has 3 atom stereocenters. The van der Waals surface area contributed by atoms with Crippen LogP contribution in [-0.2, 0) is 17.1 Å². The second-order valence-electron chi connectivity index (χ2n) is 8.68. The van der Waals surface area contributed by atoms with Crippen LogP contribution < -0.4 is 5.30 Å². The molecule has 1 aliphatic rings. The van der Waals surface area contributed by atoms with Gasteiger partial charge in [0.05, 0.1) is 11.1 Å². The van der Waals surface area contributed by atoms with Gasteiger partial charge in [-0.25, -0.2) is 9.38 Å². The lowest BCUT2D eigenvalue weighted by molar-refractivity contribution is -0.140. The van der Waals surface area contributed by atoms with Gasteiger partial charge in [0.1, 0.15) is 18.5 Å².